The Morgan fingerprint density at radius 2 is 1.00 bits per heavy atom. The molecule has 9 heteroatoms. The van der Waals surface area contributed by atoms with E-state index in [9.17, 15) is 22.6 Å². The molecule has 0 fully saturated rings. The van der Waals surface area contributed by atoms with Gasteiger partial charge in [-0.2, -0.15) is 8.42 Å². The molecule has 0 aliphatic carbocycles. The van der Waals surface area contributed by atoms with Gasteiger partial charge in [-0.05, 0) is 41.9 Å². The van der Waals surface area contributed by atoms with E-state index in [0.717, 1.165) is 12.1 Å². The van der Waals surface area contributed by atoms with Crippen LogP contribution in [0.2, 0.25) is 0 Å². The fourth-order valence-corrected chi connectivity index (χ4v) is 4.00. The van der Waals surface area contributed by atoms with Gasteiger partial charge in [-0.15, -0.1) is 0 Å². The van der Waals surface area contributed by atoms with Crippen LogP contribution < -0.4 is 0 Å². The molecule has 0 bridgehead atoms. The average molecular weight is 582 g/mol. The average Bonchev–Trinajstić information content (AvgIpc) is 2.61. The third-order valence-electron chi connectivity index (χ3n) is 4.79. The Morgan fingerprint density at radius 3 is 1.23 bits per heavy atom. The van der Waals surface area contributed by atoms with E-state index in [0.29, 0.717) is 0 Å². The van der Waals surface area contributed by atoms with Crippen LogP contribution in [0.5, 0.6) is 0 Å². The molecule has 0 amide bonds. The Labute approximate surface area is 226 Å². The van der Waals surface area contributed by atoms with Gasteiger partial charge in [-0.1, -0.05) is 55.4 Å². The van der Waals surface area contributed by atoms with Crippen molar-refractivity contribution >= 4 is 70.9 Å². The summed E-state index contributed by atoms with van der Waals surface area (Å²) in [5.41, 5.74) is -0.289. The molecule has 0 unspecified atom stereocenters. The van der Waals surface area contributed by atoms with Crippen molar-refractivity contribution in [3.8, 4) is 0 Å². The van der Waals surface area contributed by atoms with Gasteiger partial charge < -0.3 is 9.47 Å². The van der Waals surface area contributed by atoms with E-state index in [1.54, 1.807) is 0 Å². The van der Waals surface area contributed by atoms with Crippen LogP contribution in [-0.2, 0) is 19.6 Å². The van der Waals surface area contributed by atoms with Gasteiger partial charge in [0.2, 0.25) is 0 Å². The van der Waals surface area contributed by atoms with Crippen molar-refractivity contribution in [3.05, 3.63) is 29.3 Å². The first-order valence-corrected chi connectivity index (χ1v) is 11.6. The van der Waals surface area contributed by atoms with E-state index in [1.165, 1.54) is 6.07 Å². The molecule has 1 rings (SSSR count). The summed E-state index contributed by atoms with van der Waals surface area (Å²) >= 11 is 0. The molecule has 0 aliphatic rings. The maximum absolute atomic E-state index is 12.7. The molecule has 1 aromatic carbocycles. The van der Waals surface area contributed by atoms with Crippen LogP contribution in [0, 0.1) is 23.7 Å². The number of ether oxygens (including phenoxy) is 2. The number of carbonyl (C=O) groups is 2. The van der Waals surface area contributed by atoms with Crippen LogP contribution in [0.25, 0.3) is 0 Å². The molecule has 0 saturated carbocycles. The van der Waals surface area contributed by atoms with E-state index < -0.39 is 39.2 Å². The molecule has 1 N–H and O–H groups in total. The van der Waals surface area contributed by atoms with E-state index in [-0.39, 0.29) is 83.7 Å². The Kier molecular flexibility index (Phi) is 12.6. The van der Waals surface area contributed by atoms with Crippen LogP contribution >= 0.6 is 0 Å². The maximum atomic E-state index is 12.7. The topological polar surface area (TPSA) is 107 Å². The van der Waals surface area contributed by atoms with Gasteiger partial charge >= 0.3 is 60.8 Å². The minimum atomic E-state index is -4.65. The summed E-state index contributed by atoms with van der Waals surface area (Å²) in [6.07, 6.45) is -0.790. The van der Waals surface area contributed by atoms with Crippen LogP contribution in [0.1, 0.15) is 76.1 Å². The molecule has 0 aromatic heterocycles. The second kappa shape index (κ2) is 12.8. The first-order chi connectivity index (χ1) is 13.6. The van der Waals surface area contributed by atoms with Gasteiger partial charge in [-0.25, -0.2) is 9.59 Å². The Morgan fingerprint density at radius 1 is 0.710 bits per heavy atom. The van der Waals surface area contributed by atoms with Crippen LogP contribution in [0.4, 0.5) is 0 Å². The first kappa shape index (κ1) is 30.6. The van der Waals surface area contributed by atoms with Crippen molar-refractivity contribution in [1.29, 1.82) is 0 Å². The second-order valence-corrected chi connectivity index (χ2v) is 10.4. The third-order valence-corrected chi connectivity index (χ3v) is 5.62. The summed E-state index contributed by atoms with van der Waals surface area (Å²) in [4.78, 5) is 24.8. The number of carbonyl (C=O) groups excluding carboxylic acids is 2. The van der Waals surface area contributed by atoms with Crippen molar-refractivity contribution in [2.24, 2.45) is 23.7 Å². The third kappa shape index (κ3) is 9.19. The Balaban J connectivity index is 0.00000900. The fourth-order valence-electron chi connectivity index (χ4n) is 3.45. The molecule has 0 atom stereocenters. The van der Waals surface area contributed by atoms with Crippen molar-refractivity contribution in [3.63, 3.8) is 0 Å². The quantitative estimate of drug-likeness (QED) is 0.269. The molecule has 0 spiro atoms. The number of rotatable bonds is 9. The second-order valence-electron chi connectivity index (χ2n) is 8.94. The molecule has 174 valence electrons. The van der Waals surface area contributed by atoms with Crippen molar-refractivity contribution in [2.75, 3.05) is 0 Å². The molecule has 0 aliphatic heterocycles. The van der Waals surface area contributed by atoms with Crippen LogP contribution in [0.15, 0.2) is 23.1 Å². The van der Waals surface area contributed by atoms with Gasteiger partial charge in [-0.3, -0.25) is 4.55 Å². The van der Waals surface area contributed by atoms with Gasteiger partial charge in [0, 0.05) is 0 Å². The molecular formula is C22H36BaO7S. The Hall–Kier alpha value is -0.359. The summed E-state index contributed by atoms with van der Waals surface area (Å²) in [6, 6.07) is 3.22. The van der Waals surface area contributed by atoms with Crippen molar-refractivity contribution < 1.29 is 32.0 Å². The zero-order valence-electron chi connectivity index (χ0n) is 19.0. The first-order valence-electron chi connectivity index (χ1n) is 10.2. The fraction of sp³-hybridized carbons (Fsp3) is 0.636. The summed E-state index contributed by atoms with van der Waals surface area (Å²) in [5, 5.41) is 0. The summed E-state index contributed by atoms with van der Waals surface area (Å²) in [7, 11) is -4.65. The van der Waals surface area contributed by atoms with Crippen molar-refractivity contribution in [2.45, 2.75) is 72.5 Å². The molecule has 0 heterocycles. The molecule has 7 nitrogen and oxygen atoms in total. The molecule has 0 radical (unpaired) electrons. The van der Waals surface area contributed by atoms with Gasteiger partial charge in [0.15, 0.2) is 0 Å². The van der Waals surface area contributed by atoms with Crippen LogP contribution in [0.3, 0.4) is 0 Å². The number of benzene rings is 1. The number of hydrogen-bond donors (Lipinski definition) is 1. The van der Waals surface area contributed by atoms with Crippen molar-refractivity contribution in [1.82, 2.24) is 0 Å². The standard InChI is InChI=1S/C22H34O7S.Ba.2H/c1-12(2)19(13(3)4)28-21(23)16-9-17(11-18(10-16)30(25,26)27)22(24)29-20(14(5)6)15(7)8;;;/h9-15,19-20H,1-8H3,(H,25,26,27);;;. The van der Waals surface area contributed by atoms with Gasteiger partial charge in [0.05, 0.1) is 16.0 Å². The van der Waals surface area contributed by atoms with E-state index in [1.807, 2.05) is 55.4 Å². The predicted molar refractivity (Wildman–Crippen MR) is 123 cm³/mol. The minimum absolute atomic E-state index is 0. The SMILES string of the molecule is CC(C)C(OC(=O)c1cc(C(=O)OC(C(C)C)C(C)C)cc(S(=O)(=O)O)c1)C(C)C.[BaH2]. The predicted octanol–water partition coefficient (Wildman–Crippen LogP) is 3.69. The summed E-state index contributed by atoms with van der Waals surface area (Å²) in [5.74, 6) is -1.37. The van der Waals surface area contributed by atoms with Gasteiger partial charge in [0.1, 0.15) is 12.2 Å². The Bertz CT molecular complexity index is 792. The summed E-state index contributed by atoms with van der Waals surface area (Å²) in [6.45, 7) is 15.3. The zero-order valence-corrected chi connectivity index (χ0v) is 19.8. The number of hydrogen-bond acceptors (Lipinski definition) is 6. The van der Waals surface area contributed by atoms with E-state index in [4.69, 9.17) is 9.47 Å². The molecule has 1 aromatic rings. The molecular weight excluding hydrogens is 546 g/mol. The number of esters is 2. The van der Waals surface area contributed by atoms with E-state index >= 15 is 0 Å². The van der Waals surface area contributed by atoms with E-state index in [2.05, 4.69) is 0 Å². The molecule has 31 heavy (non-hydrogen) atoms. The van der Waals surface area contributed by atoms with Gasteiger partial charge in [0.25, 0.3) is 10.1 Å². The summed E-state index contributed by atoms with van der Waals surface area (Å²) < 4.78 is 44.0. The monoisotopic (exact) mass is 582 g/mol. The molecule has 0 saturated heterocycles. The van der Waals surface area contributed by atoms with Crippen LogP contribution in [-0.4, -0.2) is 86.0 Å². The zero-order chi connectivity index (χ0) is 23.4. The normalized spacial score (nSPS) is 12.1.